The molecule has 1 rings (SSSR count). The van der Waals surface area contributed by atoms with E-state index in [1.54, 1.807) is 46.5 Å². The standard InChI is InChI=1S/C15H23NO5/c1-15(14(17)21-5,16-8-9-18-2)12-7-6-11(19-3)10-13(12)20-4/h6-7,10,16H,8-9H2,1-5H3. The largest absolute Gasteiger partial charge is 0.497 e. The third kappa shape index (κ3) is 3.86. The fourth-order valence-corrected chi connectivity index (χ4v) is 2.10. The Kier molecular flexibility index (Phi) is 6.45. The SMILES string of the molecule is COCCNC(C)(C(=O)OC)c1ccc(OC)cc1OC. The molecule has 0 aromatic heterocycles. The second-order valence-corrected chi connectivity index (χ2v) is 4.60. The molecule has 118 valence electrons. The van der Waals surface area contributed by atoms with E-state index in [1.165, 1.54) is 7.11 Å². The molecule has 0 bridgehead atoms. The van der Waals surface area contributed by atoms with E-state index in [0.29, 0.717) is 30.2 Å². The van der Waals surface area contributed by atoms with E-state index in [9.17, 15) is 4.79 Å². The van der Waals surface area contributed by atoms with Gasteiger partial charge in [0, 0.05) is 25.3 Å². The molecule has 1 aromatic carbocycles. The van der Waals surface area contributed by atoms with Crippen molar-refractivity contribution in [3.8, 4) is 11.5 Å². The molecule has 0 heterocycles. The number of carbonyl (C=O) groups is 1. The Hall–Kier alpha value is -1.79. The first-order valence-corrected chi connectivity index (χ1v) is 6.58. The van der Waals surface area contributed by atoms with Crippen molar-refractivity contribution in [2.24, 2.45) is 0 Å². The van der Waals surface area contributed by atoms with Gasteiger partial charge in [-0.25, -0.2) is 4.79 Å². The number of esters is 1. The van der Waals surface area contributed by atoms with E-state index in [4.69, 9.17) is 18.9 Å². The van der Waals surface area contributed by atoms with Crippen molar-refractivity contribution >= 4 is 5.97 Å². The van der Waals surface area contributed by atoms with Crippen LogP contribution in [0.5, 0.6) is 11.5 Å². The van der Waals surface area contributed by atoms with E-state index in [0.717, 1.165) is 0 Å². The van der Waals surface area contributed by atoms with Crippen molar-refractivity contribution in [1.29, 1.82) is 0 Å². The number of hydrogen-bond donors (Lipinski definition) is 1. The monoisotopic (exact) mass is 297 g/mol. The van der Waals surface area contributed by atoms with E-state index in [2.05, 4.69) is 5.32 Å². The Morgan fingerprint density at radius 3 is 2.43 bits per heavy atom. The fourth-order valence-electron chi connectivity index (χ4n) is 2.10. The molecule has 0 aliphatic heterocycles. The summed E-state index contributed by atoms with van der Waals surface area (Å²) in [5.74, 6) is 0.800. The van der Waals surface area contributed by atoms with Gasteiger partial charge in [0.05, 0.1) is 27.9 Å². The van der Waals surface area contributed by atoms with Gasteiger partial charge in [0.2, 0.25) is 0 Å². The average molecular weight is 297 g/mol. The molecule has 6 nitrogen and oxygen atoms in total. The number of benzene rings is 1. The third-order valence-electron chi connectivity index (χ3n) is 3.33. The van der Waals surface area contributed by atoms with Gasteiger partial charge >= 0.3 is 5.97 Å². The van der Waals surface area contributed by atoms with Gasteiger partial charge in [0.1, 0.15) is 17.0 Å². The number of rotatable bonds is 8. The molecule has 0 radical (unpaired) electrons. The molecule has 0 saturated carbocycles. The lowest BCUT2D eigenvalue weighted by Gasteiger charge is -2.30. The summed E-state index contributed by atoms with van der Waals surface area (Å²) < 4.78 is 20.5. The zero-order chi connectivity index (χ0) is 15.9. The molecule has 0 aliphatic carbocycles. The molecule has 21 heavy (non-hydrogen) atoms. The van der Waals surface area contributed by atoms with Crippen LogP contribution < -0.4 is 14.8 Å². The minimum Gasteiger partial charge on any atom is -0.497 e. The number of methoxy groups -OCH3 is 4. The Morgan fingerprint density at radius 2 is 1.90 bits per heavy atom. The fraction of sp³-hybridized carbons (Fsp3) is 0.533. The zero-order valence-electron chi connectivity index (χ0n) is 13.2. The summed E-state index contributed by atoms with van der Waals surface area (Å²) in [6, 6.07) is 5.29. The zero-order valence-corrected chi connectivity index (χ0v) is 13.2. The minimum atomic E-state index is -1.04. The van der Waals surface area contributed by atoms with Gasteiger partial charge in [-0.05, 0) is 19.1 Å². The van der Waals surface area contributed by atoms with Gasteiger partial charge in [-0.15, -0.1) is 0 Å². The van der Waals surface area contributed by atoms with Crippen LogP contribution in [0.2, 0.25) is 0 Å². The van der Waals surface area contributed by atoms with E-state index < -0.39 is 11.5 Å². The van der Waals surface area contributed by atoms with Crippen LogP contribution in [0.4, 0.5) is 0 Å². The highest BCUT2D eigenvalue weighted by Gasteiger charge is 2.38. The maximum Gasteiger partial charge on any atom is 0.330 e. The van der Waals surface area contributed by atoms with Gasteiger partial charge in [-0.2, -0.15) is 0 Å². The molecular formula is C15H23NO5. The lowest BCUT2D eigenvalue weighted by molar-refractivity contribution is -0.148. The molecular weight excluding hydrogens is 274 g/mol. The average Bonchev–Trinajstić information content (AvgIpc) is 2.53. The van der Waals surface area contributed by atoms with Crippen molar-refractivity contribution < 1.29 is 23.7 Å². The Bertz CT molecular complexity index is 477. The molecule has 1 aromatic rings. The van der Waals surface area contributed by atoms with Gasteiger partial charge in [0.15, 0.2) is 0 Å². The van der Waals surface area contributed by atoms with Crippen LogP contribution >= 0.6 is 0 Å². The normalized spacial score (nSPS) is 13.4. The maximum atomic E-state index is 12.2. The Balaban J connectivity index is 3.21. The molecule has 6 heteroatoms. The predicted octanol–water partition coefficient (Wildman–Crippen LogP) is 1.33. The van der Waals surface area contributed by atoms with Crippen LogP contribution in [0.3, 0.4) is 0 Å². The second kappa shape index (κ2) is 7.85. The minimum absolute atomic E-state index is 0.401. The Morgan fingerprint density at radius 1 is 1.19 bits per heavy atom. The summed E-state index contributed by atoms with van der Waals surface area (Å²) in [7, 11) is 6.08. The number of ether oxygens (including phenoxy) is 4. The smallest absolute Gasteiger partial charge is 0.330 e. The van der Waals surface area contributed by atoms with E-state index in [-0.39, 0.29) is 0 Å². The van der Waals surface area contributed by atoms with Crippen molar-refractivity contribution in [2.75, 3.05) is 41.6 Å². The summed E-state index contributed by atoms with van der Waals surface area (Å²) in [4.78, 5) is 12.2. The van der Waals surface area contributed by atoms with Crippen molar-refractivity contribution in [2.45, 2.75) is 12.5 Å². The van der Waals surface area contributed by atoms with Crippen LogP contribution in [-0.4, -0.2) is 47.6 Å². The number of carbonyl (C=O) groups excluding carboxylic acids is 1. The van der Waals surface area contributed by atoms with Crippen LogP contribution in [-0.2, 0) is 19.8 Å². The van der Waals surface area contributed by atoms with Gasteiger partial charge < -0.3 is 18.9 Å². The first-order valence-electron chi connectivity index (χ1n) is 6.58. The van der Waals surface area contributed by atoms with Crippen LogP contribution in [0.15, 0.2) is 18.2 Å². The van der Waals surface area contributed by atoms with Crippen LogP contribution in [0.25, 0.3) is 0 Å². The molecule has 1 unspecified atom stereocenters. The molecule has 0 spiro atoms. The molecule has 1 N–H and O–H groups in total. The highest BCUT2D eigenvalue weighted by Crippen LogP contribution is 2.33. The molecule has 0 aliphatic rings. The summed E-state index contributed by atoms with van der Waals surface area (Å²) in [6.45, 7) is 2.72. The van der Waals surface area contributed by atoms with Crippen LogP contribution in [0, 0.1) is 0 Å². The van der Waals surface area contributed by atoms with E-state index >= 15 is 0 Å². The maximum absolute atomic E-state index is 12.2. The van der Waals surface area contributed by atoms with Crippen molar-refractivity contribution in [1.82, 2.24) is 5.32 Å². The quantitative estimate of drug-likeness (QED) is 0.577. The summed E-state index contributed by atoms with van der Waals surface area (Å²) in [6.07, 6.45) is 0. The first-order chi connectivity index (χ1) is 10.0. The van der Waals surface area contributed by atoms with Crippen molar-refractivity contribution in [3.05, 3.63) is 23.8 Å². The molecule has 0 amide bonds. The van der Waals surface area contributed by atoms with Crippen molar-refractivity contribution in [3.63, 3.8) is 0 Å². The van der Waals surface area contributed by atoms with Crippen LogP contribution in [0.1, 0.15) is 12.5 Å². The Labute approximate surface area is 125 Å². The number of nitrogens with one attached hydrogen (secondary N) is 1. The van der Waals surface area contributed by atoms with Gasteiger partial charge in [-0.3, -0.25) is 5.32 Å². The number of hydrogen-bond acceptors (Lipinski definition) is 6. The highest BCUT2D eigenvalue weighted by molar-refractivity contribution is 5.83. The predicted molar refractivity (Wildman–Crippen MR) is 78.8 cm³/mol. The molecule has 0 saturated heterocycles. The third-order valence-corrected chi connectivity index (χ3v) is 3.33. The summed E-state index contributed by atoms with van der Waals surface area (Å²) >= 11 is 0. The highest BCUT2D eigenvalue weighted by atomic mass is 16.5. The summed E-state index contributed by atoms with van der Waals surface area (Å²) in [5, 5.41) is 3.16. The lowest BCUT2D eigenvalue weighted by Crippen LogP contribution is -2.48. The van der Waals surface area contributed by atoms with E-state index in [1.807, 2.05) is 0 Å². The lowest BCUT2D eigenvalue weighted by atomic mass is 9.90. The second-order valence-electron chi connectivity index (χ2n) is 4.60. The molecule has 1 atom stereocenters. The summed E-state index contributed by atoms with van der Waals surface area (Å²) in [5.41, 5.74) is -0.362. The molecule has 0 fully saturated rings. The van der Waals surface area contributed by atoms with Gasteiger partial charge in [0.25, 0.3) is 0 Å². The van der Waals surface area contributed by atoms with Gasteiger partial charge in [-0.1, -0.05) is 0 Å². The first kappa shape index (κ1) is 17.3. The topological polar surface area (TPSA) is 66.0 Å².